The highest BCUT2D eigenvalue weighted by Gasteiger charge is 2.30. The second-order valence-electron chi connectivity index (χ2n) is 6.92. The normalized spacial score (nSPS) is 14.8. The zero-order chi connectivity index (χ0) is 21.6. The summed E-state index contributed by atoms with van der Waals surface area (Å²) >= 11 is 0. The van der Waals surface area contributed by atoms with Crippen molar-refractivity contribution < 1.29 is 27.5 Å². The predicted octanol–water partition coefficient (Wildman–Crippen LogP) is 3.30. The van der Waals surface area contributed by atoms with E-state index in [9.17, 15) is 18.0 Å². The van der Waals surface area contributed by atoms with Gasteiger partial charge in [0.1, 0.15) is 5.75 Å². The maximum Gasteiger partial charge on any atom is 0.339 e. The first-order chi connectivity index (χ1) is 14.4. The molecule has 3 rings (SSSR count). The fourth-order valence-electron chi connectivity index (χ4n) is 3.30. The minimum absolute atomic E-state index is 0.0671. The van der Waals surface area contributed by atoms with Crippen molar-refractivity contribution in [3.8, 4) is 5.75 Å². The third kappa shape index (κ3) is 5.06. The van der Waals surface area contributed by atoms with Crippen LogP contribution in [0.2, 0.25) is 0 Å². The molecule has 2 aromatic carbocycles. The van der Waals surface area contributed by atoms with Crippen LogP contribution in [0.3, 0.4) is 0 Å². The molecule has 1 fully saturated rings. The molecule has 0 N–H and O–H groups in total. The Kier molecular flexibility index (Phi) is 7.23. The fraction of sp³-hybridized carbons (Fsp3) is 0.364. The Labute approximate surface area is 176 Å². The molecule has 1 heterocycles. The predicted molar refractivity (Wildman–Crippen MR) is 111 cm³/mol. The molecule has 30 heavy (non-hydrogen) atoms. The van der Waals surface area contributed by atoms with Crippen LogP contribution in [0, 0.1) is 0 Å². The minimum atomic E-state index is -3.81. The number of hydrogen-bond acceptors (Lipinski definition) is 6. The van der Waals surface area contributed by atoms with Gasteiger partial charge in [0, 0.05) is 18.7 Å². The lowest BCUT2D eigenvalue weighted by Crippen LogP contribution is -2.36. The third-order valence-electron chi connectivity index (χ3n) is 4.86. The highest BCUT2D eigenvalue weighted by molar-refractivity contribution is 7.89. The van der Waals surface area contributed by atoms with Crippen molar-refractivity contribution in [1.82, 2.24) is 4.31 Å². The molecule has 7 nitrogen and oxygen atoms in total. The molecule has 160 valence electrons. The number of Topliss-reactive ketones (excluding diaryl/α,β-unsaturated/α-hetero) is 1. The van der Waals surface area contributed by atoms with Crippen molar-refractivity contribution in [1.29, 1.82) is 0 Å². The summed E-state index contributed by atoms with van der Waals surface area (Å²) in [4.78, 5) is 24.8. The lowest BCUT2D eigenvalue weighted by atomic mass is 10.1. The van der Waals surface area contributed by atoms with Crippen molar-refractivity contribution in [2.75, 3.05) is 26.3 Å². The number of esters is 1. The van der Waals surface area contributed by atoms with Gasteiger partial charge < -0.3 is 9.47 Å². The van der Waals surface area contributed by atoms with Crippen LogP contribution >= 0.6 is 0 Å². The molecule has 0 spiro atoms. The number of ether oxygens (including phenoxy) is 2. The van der Waals surface area contributed by atoms with Gasteiger partial charge in [0.25, 0.3) is 0 Å². The summed E-state index contributed by atoms with van der Waals surface area (Å²) in [7, 11) is -3.81. The van der Waals surface area contributed by atoms with Gasteiger partial charge in [-0.2, -0.15) is 4.31 Å². The highest BCUT2D eigenvalue weighted by atomic mass is 32.2. The number of hydrogen-bond donors (Lipinski definition) is 0. The number of sulfonamides is 1. The number of rotatable bonds is 8. The Morgan fingerprint density at radius 3 is 2.30 bits per heavy atom. The summed E-state index contributed by atoms with van der Waals surface area (Å²) in [5.41, 5.74) is 0.308. The summed E-state index contributed by atoms with van der Waals surface area (Å²) < 4.78 is 37.9. The zero-order valence-electron chi connectivity index (χ0n) is 16.9. The van der Waals surface area contributed by atoms with E-state index in [4.69, 9.17) is 9.47 Å². The Hall–Kier alpha value is -2.71. The highest BCUT2D eigenvalue weighted by Crippen LogP contribution is 2.24. The summed E-state index contributed by atoms with van der Waals surface area (Å²) in [6, 6.07) is 12.5. The van der Waals surface area contributed by atoms with E-state index in [1.807, 2.05) is 6.92 Å². The number of nitrogens with zero attached hydrogens (tertiary/aromatic N) is 1. The largest absolute Gasteiger partial charge is 0.494 e. The van der Waals surface area contributed by atoms with Crippen LogP contribution in [0.25, 0.3) is 0 Å². The van der Waals surface area contributed by atoms with Crippen LogP contribution in [-0.4, -0.2) is 50.8 Å². The van der Waals surface area contributed by atoms with Crippen LogP contribution in [0.4, 0.5) is 0 Å². The average Bonchev–Trinajstić information content (AvgIpc) is 2.78. The lowest BCUT2D eigenvalue weighted by Gasteiger charge is -2.26. The third-order valence-corrected chi connectivity index (χ3v) is 6.82. The van der Waals surface area contributed by atoms with E-state index in [2.05, 4.69) is 0 Å². The van der Waals surface area contributed by atoms with E-state index in [-0.39, 0.29) is 16.2 Å². The number of piperidine rings is 1. The summed E-state index contributed by atoms with van der Waals surface area (Å²) in [6.45, 7) is 2.77. The molecular formula is C22H25NO6S. The number of benzene rings is 2. The molecule has 0 amide bonds. The van der Waals surface area contributed by atoms with Crippen molar-refractivity contribution >= 4 is 21.8 Å². The van der Waals surface area contributed by atoms with Crippen LogP contribution in [0.5, 0.6) is 5.75 Å². The van der Waals surface area contributed by atoms with Gasteiger partial charge in [-0.15, -0.1) is 0 Å². The molecule has 0 aromatic heterocycles. The van der Waals surface area contributed by atoms with Crippen molar-refractivity contribution in [2.45, 2.75) is 31.1 Å². The second kappa shape index (κ2) is 9.86. The number of ketones is 1. The first-order valence-electron chi connectivity index (χ1n) is 9.96. The molecular weight excluding hydrogens is 406 g/mol. The minimum Gasteiger partial charge on any atom is -0.494 e. The lowest BCUT2D eigenvalue weighted by molar-refractivity contribution is 0.0470. The average molecular weight is 432 g/mol. The van der Waals surface area contributed by atoms with Gasteiger partial charge in [0.05, 0.1) is 17.1 Å². The molecule has 0 radical (unpaired) electrons. The van der Waals surface area contributed by atoms with Gasteiger partial charge in [-0.25, -0.2) is 13.2 Å². The molecule has 1 aliphatic heterocycles. The molecule has 8 heteroatoms. The summed E-state index contributed by atoms with van der Waals surface area (Å²) in [5, 5.41) is 0. The molecule has 0 atom stereocenters. The molecule has 0 unspecified atom stereocenters. The summed E-state index contributed by atoms with van der Waals surface area (Å²) in [6.07, 6.45) is 2.58. The van der Waals surface area contributed by atoms with Gasteiger partial charge in [-0.1, -0.05) is 18.6 Å². The van der Waals surface area contributed by atoms with Crippen LogP contribution in [-0.2, 0) is 14.8 Å². The fourth-order valence-corrected chi connectivity index (χ4v) is 5.00. The Morgan fingerprint density at radius 1 is 0.967 bits per heavy atom. The molecule has 1 saturated heterocycles. The molecule has 0 saturated carbocycles. The topological polar surface area (TPSA) is 90.0 Å². The van der Waals surface area contributed by atoms with Crippen molar-refractivity contribution in [2.24, 2.45) is 0 Å². The van der Waals surface area contributed by atoms with E-state index in [1.165, 1.54) is 16.4 Å². The van der Waals surface area contributed by atoms with Crippen molar-refractivity contribution in [3.05, 3.63) is 59.7 Å². The quantitative estimate of drug-likeness (QED) is 0.471. The van der Waals surface area contributed by atoms with E-state index in [0.29, 0.717) is 31.0 Å². The van der Waals surface area contributed by atoms with Crippen LogP contribution < -0.4 is 4.74 Å². The van der Waals surface area contributed by atoms with Crippen molar-refractivity contribution in [3.63, 3.8) is 0 Å². The molecule has 0 aliphatic carbocycles. The standard InChI is InChI=1S/C22H25NO6S/c1-2-28-18-12-10-17(11-13-18)20(24)16-29-22(25)19-8-4-5-9-21(19)30(26,27)23-14-6-3-7-15-23/h4-5,8-13H,2-3,6-7,14-16H2,1H3. The van der Waals surface area contributed by atoms with E-state index < -0.39 is 22.6 Å². The number of carbonyl (C=O) groups is 2. The Morgan fingerprint density at radius 2 is 1.63 bits per heavy atom. The zero-order valence-corrected chi connectivity index (χ0v) is 17.7. The van der Waals surface area contributed by atoms with Gasteiger partial charge in [-0.05, 0) is 56.2 Å². The molecule has 1 aliphatic rings. The van der Waals surface area contributed by atoms with E-state index in [1.54, 1.807) is 36.4 Å². The van der Waals surface area contributed by atoms with Gasteiger partial charge >= 0.3 is 5.97 Å². The summed E-state index contributed by atoms with van der Waals surface area (Å²) in [5.74, 6) is -0.587. The van der Waals surface area contributed by atoms with Gasteiger partial charge in [-0.3, -0.25) is 4.79 Å². The SMILES string of the molecule is CCOc1ccc(C(=O)COC(=O)c2ccccc2S(=O)(=O)N2CCCCC2)cc1. The van der Waals surface area contributed by atoms with Gasteiger partial charge in [0.15, 0.2) is 12.4 Å². The second-order valence-corrected chi connectivity index (χ2v) is 8.82. The molecule has 0 bridgehead atoms. The molecule has 2 aromatic rings. The first kappa shape index (κ1) is 22.0. The van der Waals surface area contributed by atoms with E-state index in [0.717, 1.165) is 19.3 Å². The first-order valence-corrected chi connectivity index (χ1v) is 11.4. The monoisotopic (exact) mass is 431 g/mol. The Bertz CT molecular complexity index is 995. The van der Waals surface area contributed by atoms with Crippen LogP contribution in [0.15, 0.2) is 53.4 Å². The van der Waals surface area contributed by atoms with Gasteiger partial charge in [0.2, 0.25) is 10.0 Å². The maximum absolute atomic E-state index is 13.0. The smallest absolute Gasteiger partial charge is 0.339 e. The van der Waals surface area contributed by atoms with E-state index >= 15 is 0 Å². The van der Waals surface area contributed by atoms with Crippen LogP contribution in [0.1, 0.15) is 46.9 Å². The maximum atomic E-state index is 13.0. The number of carbonyl (C=O) groups excluding carboxylic acids is 2. The Balaban J connectivity index is 1.71.